The predicted octanol–water partition coefficient (Wildman–Crippen LogP) is 4.74. The summed E-state index contributed by atoms with van der Waals surface area (Å²) in [6, 6.07) is 6.86. The highest BCUT2D eigenvalue weighted by Gasteiger charge is 2.14. The van der Waals surface area contributed by atoms with Gasteiger partial charge in [-0.2, -0.15) is 0 Å². The first-order chi connectivity index (χ1) is 12.3. The normalized spacial score (nSPS) is 11.1. The summed E-state index contributed by atoms with van der Waals surface area (Å²) in [5, 5.41) is 0.777. The van der Waals surface area contributed by atoms with E-state index in [2.05, 4.69) is 34.8 Å². The summed E-state index contributed by atoms with van der Waals surface area (Å²) in [5.74, 6) is -0.175. The van der Waals surface area contributed by atoms with Crippen LogP contribution in [0.3, 0.4) is 0 Å². The average molecular weight is 416 g/mol. The van der Waals surface area contributed by atoms with Crippen LogP contribution < -0.4 is 5.63 Å². The lowest BCUT2D eigenvalue weighted by atomic mass is 9.95. The van der Waals surface area contributed by atoms with Crippen LogP contribution in [0.15, 0.2) is 50.3 Å². The first-order valence-corrected chi connectivity index (χ1v) is 8.99. The quantitative estimate of drug-likeness (QED) is 0.454. The van der Waals surface area contributed by atoms with Crippen molar-refractivity contribution in [2.75, 3.05) is 0 Å². The van der Waals surface area contributed by atoms with Crippen LogP contribution in [-0.2, 0) is 11.3 Å². The Balaban J connectivity index is 1.95. The Labute approximate surface area is 159 Å². The molecule has 26 heavy (non-hydrogen) atoms. The van der Waals surface area contributed by atoms with E-state index in [1.807, 2.05) is 19.1 Å². The number of esters is 1. The molecule has 0 amide bonds. The number of pyridine rings is 1. The number of fused-ring (bicyclic) bond motifs is 1. The van der Waals surface area contributed by atoms with E-state index in [1.54, 1.807) is 12.3 Å². The van der Waals surface area contributed by atoms with Gasteiger partial charge < -0.3 is 9.15 Å². The summed E-state index contributed by atoms with van der Waals surface area (Å²) < 4.78 is 11.4. The number of aromatic nitrogens is 1. The molecule has 0 unspecified atom stereocenters. The minimum absolute atomic E-state index is 0.0198. The number of hydrogen-bond donors (Lipinski definition) is 0. The van der Waals surface area contributed by atoms with Gasteiger partial charge in [-0.05, 0) is 58.1 Å². The Morgan fingerprint density at radius 2 is 2.00 bits per heavy atom. The van der Waals surface area contributed by atoms with Gasteiger partial charge in [0.15, 0.2) is 0 Å². The van der Waals surface area contributed by atoms with Crippen LogP contribution in [0, 0.1) is 6.92 Å². The van der Waals surface area contributed by atoms with Crippen molar-refractivity contribution in [3.05, 3.63) is 73.8 Å². The van der Waals surface area contributed by atoms with Crippen molar-refractivity contribution < 1.29 is 13.9 Å². The predicted molar refractivity (Wildman–Crippen MR) is 102 cm³/mol. The van der Waals surface area contributed by atoms with Gasteiger partial charge in [0.2, 0.25) is 0 Å². The fourth-order valence-corrected chi connectivity index (χ4v) is 3.25. The lowest BCUT2D eigenvalue weighted by Crippen LogP contribution is -2.08. The van der Waals surface area contributed by atoms with Crippen LogP contribution in [0.2, 0.25) is 0 Å². The summed E-state index contributed by atoms with van der Waals surface area (Å²) in [4.78, 5) is 28.1. The zero-order valence-corrected chi connectivity index (χ0v) is 16.3. The largest absolute Gasteiger partial charge is 0.457 e. The lowest BCUT2D eigenvalue weighted by molar-refractivity contribution is 0.0473. The summed E-state index contributed by atoms with van der Waals surface area (Å²) in [6.07, 6.45) is 3.02. The molecule has 0 bridgehead atoms. The maximum atomic E-state index is 12.2. The van der Waals surface area contributed by atoms with E-state index < -0.39 is 11.6 Å². The molecule has 2 aromatic heterocycles. The van der Waals surface area contributed by atoms with Gasteiger partial charge in [-0.1, -0.05) is 13.8 Å². The number of halogens is 1. The summed E-state index contributed by atoms with van der Waals surface area (Å²) in [7, 11) is 0. The zero-order chi connectivity index (χ0) is 18.8. The molecule has 1 aromatic carbocycles. The van der Waals surface area contributed by atoms with E-state index in [9.17, 15) is 9.59 Å². The van der Waals surface area contributed by atoms with E-state index in [-0.39, 0.29) is 6.61 Å². The molecule has 0 fully saturated rings. The zero-order valence-electron chi connectivity index (χ0n) is 14.7. The Hall–Kier alpha value is -2.47. The Morgan fingerprint density at radius 1 is 1.23 bits per heavy atom. The van der Waals surface area contributed by atoms with Gasteiger partial charge in [-0.25, -0.2) is 9.59 Å². The van der Waals surface area contributed by atoms with Gasteiger partial charge >= 0.3 is 11.6 Å². The molecule has 0 aliphatic rings. The number of benzene rings is 1. The molecule has 0 saturated heterocycles. The maximum Gasteiger partial charge on any atom is 0.340 e. The molecule has 2 heterocycles. The number of nitrogens with zero attached hydrogens (tertiary/aromatic N) is 1. The highest BCUT2D eigenvalue weighted by molar-refractivity contribution is 9.10. The Bertz CT molecular complexity index is 1040. The van der Waals surface area contributed by atoms with E-state index in [4.69, 9.17) is 9.15 Å². The molecule has 0 atom stereocenters. The summed E-state index contributed by atoms with van der Waals surface area (Å²) in [5.41, 5.74) is 3.21. The van der Waals surface area contributed by atoms with Crippen LogP contribution in [-0.4, -0.2) is 11.0 Å². The number of carbonyl (C=O) groups excluding carboxylic acids is 1. The SMILES string of the molecule is Cc1cc2oc(=O)cc(COC(=O)c3cncc(Br)c3)c2cc1C(C)C. The molecule has 0 aliphatic carbocycles. The fourth-order valence-electron chi connectivity index (χ4n) is 2.88. The minimum Gasteiger partial charge on any atom is -0.457 e. The second-order valence-corrected chi connectivity index (χ2v) is 7.33. The molecule has 0 N–H and O–H groups in total. The van der Waals surface area contributed by atoms with E-state index in [0.29, 0.717) is 27.1 Å². The van der Waals surface area contributed by atoms with Gasteiger partial charge in [0, 0.05) is 33.9 Å². The fraction of sp³-hybridized carbons (Fsp3) is 0.250. The third-order valence-corrected chi connectivity index (χ3v) is 4.57. The molecule has 134 valence electrons. The van der Waals surface area contributed by atoms with Crippen LogP contribution in [0.1, 0.15) is 46.8 Å². The van der Waals surface area contributed by atoms with Crippen molar-refractivity contribution in [1.82, 2.24) is 4.98 Å². The highest BCUT2D eigenvalue weighted by atomic mass is 79.9. The lowest BCUT2D eigenvalue weighted by Gasteiger charge is -2.13. The molecule has 0 spiro atoms. The standard InChI is InChI=1S/C20H18BrNO4/c1-11(2)16-7-17-14(6-19(23)26-18(17)4-12(16)3)10-25-20(24)13-5-15(21)9-22-8-13/h4-9,11H,10H2,1-3H3. The highest BCUT2D eigenvalue weighted by Crippen LogP contribution is 2.27. The second kappa shape index (κ2) is 7.41. The van der Waals surface area contributed by atoms with Crippen molar-refractivity contribution in [1.29, 1.82) is 0 Å². The Kier molecular flexibility index (Phi) is 5.23. The van der Waals surface area contributed by atoms with E-state index in [0.717, 1.165) is 16.5 Å². The van der Waals surface area contributed by atoms with Crippen LogP contribution >= 0.6 is 15.9 Å². The monoisotopic (exact) mass is 415 g/mol. The van der Waals surface area contributed by atoms with Gasteiger partial charge in [-0.15, -0.1) is 0 Å². The van der Waals surface area contributed by atoms with Crippen molar-refractivity contribution in [2.45, 2.75) is 33.3 Å². The molecule has 0 radical (unpaired) electrons. The number of rotatable bonds is 4. The topological polar surface area (TPSA) is 69.4 Å². The smallest absolute Gasteiger partial charge is 0.340 e. The first kappa shape index (κ1) is 18.3. The number of carbonyl (C=O) groups is 1. The molecule has 6 heteroatoms. The van der Waals surface area contributed by atoms with Crippen molar-refractivity contribution in [3.63, 3.8) is 0 Å². The molecule has 3 rings (SSSR count). The Morgan fingerprint density at radius 3 is 2.69 bits per heavy atom. The number of hydrogen-bond acceptors (Lipinski definition) is 5. The van der Waals surface area contributed by atoms with Gasteiger partial charge in [-0.3, -0.25) is 4.98 Å². The van der Waals surface area contributed by atoms with Gasteiger partial charge in [0.05, 0.1) is 5.56 Å². The number of ether oxygens (including phenoxy) is 1. The molecule has 3 aromatic rings. The average Bonchev–Trinajstić information content (AvgIpc) is 2.58. The maximum absolute atomic E-state index is 12.2. The third-order valence-electron chi connectivity index (χ3n) is 4.14. The summed E-state index contributed by atoms with van der Waals surface area (Å²) in [6.45, 7) is 6.18. The van der Waals surface area contributed by atoms with Gasteiger partial charge in [0.25, 0.3) is 0 Å². The van der Waals surface area contributed by atoms with Gasteiger partial charge in [0.1, 0.15) is 12.2 Å². The minimum atomic E-state index is -0.503. The molecule has 0 saturated carbocycles. The molecule has 5 nitrogen and oxygen atoms in total. The second-order valence-electron chi connectivity index (χ2n) is 6.42. The van der Waals surface area contributed by atoms with E-state index >= 15 is 0 Å². The van der Waals surface area contributed by atoms with Crippen LogP contribution in [0.5, 0.6) is 0 Å². The molecule has 0 aliphatic heterocycles. The van der Waals surface area contributed by atoms with E-state index in [1.165, 1.54) is 12.3 Å². The summed E-state index contributed by atoms with van der Waals surface area (Å²) >= 11 is 3.27. The van der Waals surface area contributed by atoms with Crippen LogP contribution in [0.4, 0.5) is 0 Å². The number of aryl methyl sites for hydroxylation is 1. The molecular formula is C20H18BrNO4. The molecular weight excluding hydrogens is 398 g/mol. The first-order valence-electron chi connectivity index (χ1n) is 8.20. The van der Waals surface area contributed by atoms with Crippen LogP contribution in [0.25, 0.3) is 11.0 Å². The van der Waals surface area contributed by atoms with Crippen molar-refractivity contribution in [2.24, 2.45) is 0 Å². The van der Waals surface area contributed by atoms with Crippen molar-refractivity contribution >= 4 is 32.9 Å². The van der Waals surface area contributed by atoms with Crippen molar-refractivity contribution in [3.8, 4) is 0 Å². The third kappa shape index (κ3) is 3.85.